The molecule has 32 heavy (non-hydrogen) atoms. The Balaban J connectivity index is 1.12. The van der Waals surface area contributed by atoms with Crippen molar-refractivity contribution in [1.82, 2.24) is 9.80 Å². The molecule has 172 valence electrons. The van der Waals surface area contributed by atoms with Gasteiger partial charge in [-0.05, 0) is 68.8 Å². The van der Waals surface area contributed by atoms with Crippen molar-refractivity contribution >= 4 is 5.91 Å². The number of amides is 1. The van der Waals surface area contributed by atoms with Crippen molar-refractivity contribution in [2.45, 2.75) is 51.5 Å². The second-order valence-corrected chi connectivity index (χ2v) is 9.46. The molecule has 0 N–H and O–H groups in total. The van der Waals surface area contributed by atoms with Crippen LogP contribution >= 0.6 is 0 Å². The summed E-state index contributed by atoms with van der Waals surface area (Å²) in [4.78, 5) is 16.7. The Morgan fingerprint density at radius 2 is 1.34 bits per heavy atom. The molecule has 4 rings (SSSR count). The average molecular weight is 441 g/mol. The zero-order valence-electron chi connectivity index (χ0n) is 18.8. The highest BCUT2D eigenvalue weighted by atomic mass is 19.1. The lowest BCUT2D eigenvalue weighted by Crippen LogP contribution is -2.38. The predicted octanol–water partition coefficient (Wildman–Crippen LogP) is 5.90. The summed E-state index contributed by atoms with van der Waals surface area (Å²) in [5, 5.41) is 0. The zero-order valence-corrected chi connectivity index (χ0v) is 18.8. The van der Waals surface area contributed by atoms with E-state index in [0.29, 0.717) is 12.5 Å². The molecular formula is C27H34F2N2O. The van der Waals surface area contributed by atoms with Crippen LogP contribution in [0.2, 0.25) is 0 Å². The minimum Gasteiger partial charge on any atom is -0.339 e. The molecule has 0 spiro atoms. The Hall–Kier alpha value is -2.27. The van der Waals surface area contributed by atoms with E-state index < -0.39 is 5.82 Å². The first-order valence-electron chi connectivity index (χ1n) is 12.1. The van der Waals surface area contributed by atoms with Crippen LogP contribution in [0.15, 0.2) is 48.5 Å². The normalized spacial score (nSPS) is 18.8. The molecule has 1 amide bonds. The van der Waals surface area contributed by atoms with Crippen molar-refractivity contribution in [2.24, 2.45) is 11.8 Å². The lowest BCUT2D eigenvalue weighted by atomic mass is 9.86. The van der Waals surface area contributed by atoms with Gasteiger partial charge in [-0.15, -0.1) is 0 Å². The summed E-state index contributed by atoms with van der Waals surface area (Å²) in [6.07, 6.45) is 8.15. The maximum atomic E-state index is 13.9. The van der Waals surface area contributed by atoms with Crippen LogP contribution < -0.4 is 0 Å². The highest BCUT2D eigenvalue weighted by Crippen LogP contribution is 2.28. The topological polar surface area (TPSA) is 23.6 Å². The van der Waals surface area contributed by atoms with E-state index in [1.54, 1.807) is 35.2 Å². The number of likely N-dealkylation sites (tertiary alicyclic amines) is 2. The van der Waals surface area contributed by atoms with Crippen LogP contribution in [0.1, 0.15) is 60.9 Å². The Morgan fingerprint density at radius 3 is 1.97 bits per heavy atom. The molecule has 2 aromatic carbocycles. The molecule has 2 heterocycles. The molecule has 0 radical (unpaired) electrons. The Kier molecular flexibility index (Phi) is 7.90. The Morgan fingerprint density at radius 1 is 0.781 bits per heavy atom. The van der Waals surface area contributed by atoms with Crippen molar-refractivity contribution < 1.29 is 13.6 Å². The molecule has 0 atom stereocenters. The summed E-state index contributed by atoms with van der Waals surface area (Å²) >= 11 is 0. The molecule has 2 saturated heterocycles. The van der Waals surface area contributed by atoms with Gasteiger partial charge in [0.25, 0.3) is 5.91 Å². The first-order valence-corrected chi connectivity index (χ1v) is 12.1. The minimum absolute atomic E-state index is 0.101. The van der Waals surface area contributed by atoms with Gasteiger partial charge in [-0.1, -0.05) is 49.6 Å². The smallest absolute Gasteiger partial charge is 0.256 e. The van der Waals surface area contributed by atoms with Gasteiger partial charge in [-0.2, -0.15) is 0 Å². The summed E-state index contributed by atoms with van der Waals surface area (Å²) in [5.41, 5.74) is 0.984. The SMILES string of the molecule is O=C(c1ccccc1F)N1CCC(CCCC2CCN(Cc3ccccc3F)CC2)CC1. The third kappa shape index (κ3) is 5.94. The maximum Gasteiger partial charge on any atom is 0.256 e. The molecule has 0 saturated carbocycles. The van der Waals surface area contributed by atoms with E-state index in [2.05, 4.69) is 4.90 Å². The summed E-state index contributed by atoms with van der Waals surface area (Å²) in [6, 6.07) is 13.3. The minimum atomic E-state index is -0.431. The molecule has 2 aliphatic heterocycles. The highest BCUT2D eigenvalue weighted by molar-refractivity contribution is 5.94. The largest absolute Gasteiger partial charge is 0.339 e. The van der Waals surface area contributed by atoms with E-state index in [-0.39, 0.29) is 17.3 Å². The third-order valence-corrected chi connectivity index (χ3v) is 7.29. The van der Waals surface area contributed by atoms with Crippen molar-refractivity contribution in [3.8, 4) is 0 Å². The van der Waals surface area contributed by atoms with E-state index in [1.807, 2.05) is 12.1 Å². The number of nitrogens with zero attached hydrogens (tertiary/aromatic N) is 2. The molecule has 0 aromatic heterocycles. The van der Waals surface area contributed by atoms with E-state index in [0.717, 1.165) is 50.5 Å². The first kappa shape index (κ1) is 22.9. The van der Waals surface area contributed by atoms with Crippen molar-refractivity contribution in [1.29, 1.82) is 0 Å². The van der Waals surface area contributed by atoms with Crippen LogP contribution in [0.4, 0.5) is 8.78 Å². The second-order valence-electron chi connectivity index (χ2n) is 9.46. The summed E-state index contributed by atoms with van der Waals surface area (Å²) in [5.74, 6) is 0.731. The molecule has 2 aliphatic rings. The molecule has 5 heteroatoms. The van der Waals surface area contributed by atoms with Gasteiger partial charge in [0, 0.05) is 25.2 Å². The van der Waals surface area contributed by atoms with Gasteiger partial charge >= 0.3 is 0 Å². The summed E-state index contributed by atoms with van der Waals surface area (Å²) in [7, 11) is 0. The van der Waals surface area contributed by atoms with Gasteiger partial charge in [0.15, 0.2) is 0 Å². The third-order valence-electron chi connectivity index (χ3n) is 7.29. The van der Waals surface area contributed by atoms with Crippen LogP contribution in [0.5, 0.6) is 0 Å². The molecule has 3 nitrogen and oxygen atoms in total. The number of hydrogen-bond acceptors (Lipinski definition) is 2. The number of carbonyl (C=O) groups is 1. The van der Waals surface area contributed by atoms with Crippen molar-refractivity contribution in [3.05, 3.63) is 71.3 Å². The molecule has 0 unspecified atom stereocenters. The standard InChI is InChI=1S/C27H34F2N2O/c28-25-10-3-1-8-23(25)20-30-16-12-21(13-17-30)6-5-7-22-14-18-31(19-15-22)27(32)24-9-2-4-11-26(24)29/h1-4,8-11,21-22H,5-7,12-20H2. The maximum absolute atomic E-state index is 13.9. The van der Waals surface area contributed by atoms with E-state index in [9.17, 15) is 13.6 Å². The van der Waals surface area contributed by atoms with E-state index in [1.165, 1.54) is 38.2 Å². The van der Waals surface area contributed by atoms with E-state index >= 15 is 0 Å². The predicted molar refractivity (Wildman–Crippen MR) is 123 cm³/mol. The summed E-state index contributed by atoms with van der Waals surface area (Å²) < 4.78 is 27.8. The average Bonchev–Trinajstić information content (AvgIpc) is 2.82. The van der Waals surface area contributed by atoms with Crippen molar-refractivity contribution in [3.63, 3.8) is 0 Å². The fraction of sp³-hybridized carbons (Fsp3) is 0.519. The fourth-order valence-electron chi connectivity index (χ4n) is 5.23. The fourth-order valence-corrected chi connectivity index (χ4v) is 5.23. The molecule has 2 fully saturated rings. The molecule has 0 aliphatic carbocycles. The lowest BCUT2D eigenvalue weighted by Gasteiger charge is -2.34. The van der Waals surface area contributed by atoms with Crippen LogP contribution in [-0.4, -0.2) is 41.9 Å². The molecular weight excluding hydrogens is 406 g/mol. The number of hydrogen-bond donors (Lipinski definition) is 0. The van der Waals surface area contributed by atoms with Crippen molar-refractivity contribution in [2.75, 3.05) is 26.2 Å². The number of rotatable bonds is 7. The number of piperidine rings is 2. The van der Waals surface area contributed by atoms with Crippen LogP contribution in [0.3, 0.4) is 0 Å². The number of benzene rings is 2. The van der Waals surface area contributed by atoms with Gasteiger partial charge in [-0.3, -0.25) is 9.69 Å². The monoisotopic (exact) mass is 440 g/mol. The molecule has 2 aromatic rings. The highest BCUT2D eigenvalue weighted by Gasteiger charge is 2.25. The number of carbonyl (C=O) groups excluding carboxylic acids is 1. The van der Waals surface area contributed by atoms with Gasteiger partial charge in [0.05, 0.1) is 5.56 Å². The summed E-state index contributed by atoms with van der Waals surface area (Å²) in [6.45, 7) is 4.27. The Labute approximate surface area is 190 Å². The van der Waals surface area contributed by atoms with Gasteiger partial charge in [0.1, 0.15) is 11.6 Å². The number of halogens is 2. The van der Waals surface area contributed by atoms with Gasteiger partial charge in [-0.25, -0.2) is 8.78 Å². The quantitative estimate of drug-likeness (QED) is 0.535. The van der Waals surface area contributed by atoms with Gasteiger partial charge < -0.3 is 4.90 Å². The first-order chi connectivity index (χ1) is 15.6. The lowest BCUT2D eigenvalue weighted by molar-refractivity contribution is 0.0679. The van der Waals surface area contributed by atoms with Crippen LogP contribution in [0.25, 0.3) is 0 Å². The Bertz CT molecular complexity index is 887. The van der Waals surface area contributed by atoms with E-state index in [4.69, 9.17) is 0 Å². The van der Waals surface area contributed by atoms with Crippen LogP contribution in [0, 0.1) is 23.5 Å². The second kappa shape index (κ2) is 11.0. The van der Waals surface area contributed by atoms with Crippen LogP contribution in [-0.2, 0) is 6.54 Å². The molecule has 0 bridgehead atoms. The van der Waals surface area contributed by atoms with Gasteiger partial charge in [0.2, 0.25) is 0 Å². The zero-order chi connectivity index (χ0) is 22.3.